The second-order valence-electron chi connectivity index (χ2n) is 6.12. The first-order valence-corrected chi connectivity index (χ1v) is 8.74. The van der Waals surface area contributed by atoms with Crippen molar-refractivity contribution in [3.63, 3.8) is 0 Å². The Kier molecular flexibility index (Phi) is 4.82. The highest BCUT2D eigenvalue weighted by molar-refractivity contribution is 5.59. The maximum Gasteiger partial charge on any atom is 0.122 e. The molecule has 138 valence electrons. The molecular weight excluding hydrogens is 340 g/mol. The number of rotatable bonds is 5. The van der Waals surface area contributed by atoms with E-state index in [9.17, 15) is 0 Å². The average molecular weight is 362 g/mol. The van der Waals surface area contributed by atoms with Crippen LogP contribution >= 0.6 is 0 Å². The van der Waals surface area contributed by atoms with Gasteiger partial charge in [0.15, 0.2) is 0 Å². The molecule has 1 heterocycles. The molecule has 6 heteroatoms. The molecule has 1 aliphatic rings. The third kappa shape index (κ3) is 3.53. The highest BCUT2D eigenvalue weighted by Gasteiger charge is 2.31. The number of nitrogens with one attached hydrogen (secondary N) is 2. The summed E-state index contributed by atoms with van der Waals surface area (Å²) >= 11 is 0. The molecule has 6 nitrogen and oxygen atoms in total. The standard InChI is InChI=1S/C21H22N4O2/c1-26-19-12-8-17(9-13-19)24-22-21(16-6-4-3-5-7-16)23-25(24)18-10-14-20(27-2)15-11-18/h3-15,21-23H,1-2H3. The third-order valence-electron chi connectivity index (χ3n) is 4.47. The zero-order chi connectivity index (χ0) is 18.6. The summed E-state index contributed by atoms with van der Waals surface area (Å²) in [7, 11) is 3.33. The molecule has 0 atom stereocenters. The molecule has 1 fully saturated rings. The van der Waals surface area contributed by atoms with Gasteiger partial charge in [-0.1, -0.05) is 30.3 Å². The Labute approximate surface area is 158 Å². The van der Waals surface area contributed by atoms with Gasteiger partial charge < -0.3 is 9.47 Å². The van der Waals surface area contributed by atoms with Crippen molar-refractivity contribution in [1.82, 2.24) is 10.9 Å². The average Bonchev–Trinajstić information content (AvgIpc) is 3.20. The normalized spacial score (nSPS) is 14.4. The monoisotopic (exact) mass is 362 g/mol. The Morgan fingerprint density at radius 2 is 1.07 bits per heavy atom. The van der Waals surface area contributed by atoms with Crippen molar-refractivity contribution in [3.8, 4) is 11.5 Å². The van der Waals surface area contributed by atoms with Crippen molar-refractivity contribution in [3.05, 3.63) is 84.4 Å². The molecule has 3 aromatic carbocycles. The highest BCUT2D eigenvalue weighted by Crippen LogP contribution is 2.29. The zero-order valence-electron chi connectivity index (χ0n) is 15.3. The molecule has 0 radical (unpaired) electrons. The second kappa shape index (κ2) is 7.57. The quantitative estimate of drug-likeness (QED) is 0.723. The van der Waals surface area contributed by atoms with Gasteiger partial charge in [-0.25, -0.2) is 10.2 Å². The first-order chi connectivity index (χ1) is 13.3. The summed E-state index contributed by atoms with van der Waals surface area (Å²) in [5.41, 5.74) is 10.1. The van der Waals surface area contributed by atoms with E-state index in [0.717, 1.165) is 28.4 Å². The minimum absolute atomic E-state index is 0.0598. The lowest BCUT2D eigenvalue weighted by atomic mass is 10.2. The van der Waals surface area contributed by atoms with Crippen LogP contribution in [0.2, 0.25) is 0 Å². The maximum absolute atomic E-state index is 5.28. The fraction of sp³-hybridized carbons (Fsp3) is 0.143. The van der Waals surface area contributed by atoms with E-state index in [-0.39, 0.29) is 6.17 Å². The smallest absolute Gasteiger partial charge is 0.122 e. The van der Waals surface area contributed by atoms with Crippen molar-refractivity contribution in [1.29, 1.82) is 0 Å². The first-order valence-electron chi connectivity index (χ1n) is 8.74. The van der Waals surface area contributed by atoms with Gasteiger partial charge in [-0.3, -0.25) is 0 Å². The first kappa shape index (κ1) is 17.2. The third-order valence-corrected chi connectivity index (χ3v) is 4.47. The molecule has 0 amide bonds. The van der Waals surface area contributed by atoms with Crippen LogP contribution < -0.4 is 30.6 Å². The lowest BCUT2D eigenvalue weighted by molar-refractivity contribution is 0.414. The van der Waals surface area contributed by atoms with Crippen LogP contribution in [0.4, 0.5) is 11.4 Å². The van der Waals surface area contributed by atoms with Gasteiger partial charge in [0, 0.05) is 0 Å². The molecule has 0 aromatic heterocycles. The van der Waals surface area contributed by atoms with E-state index in [4.69, 9.17) is 9.47 Å². The number of anilines is 2. The van der Waals surface area contributed by atoms with Crippen LogP contribution in [0, 0.1) is 0 Å². The number of hydrogen-bond donors (Lipinski definition) is 2. The topological polar surface area (TPSA) is 49.0 Å². The summed E-state index contributed by atoms with van der Waals surface area (Å²) in [5.74, 6) is 1.64. The molecule has 0 bridgehead atoms. The Balaban J connectivity index is 1.67. The molecular formula is C21H22N4O2. The summed E-state index contributed by atoms with van der Waals surface area (Å²) in [6.07, 6.45) is -0.0598. The summed E-state index contributed by atoms with van der Waals surface area (Å²) in [6.45, 7) is 0. The largest absolute Gasteiger partial charge is 0.497 e. The van der Waals surface area contributed by atoms with Crippen LogP contribution in [0.1, 0.15) is 11.7 Å². The number of methoxy groups -OCH3 is 2. The molecule has 0 aliphatic carbocycles. The lowest BCUT2D eigenvalue weighted by Crippen LogP contribution is -2.45. The predicted molar refractivity (Wildman–Crippen MR) is 106 cm³/mol. The Hall–Kier alpha value is -3.22. The summed E-state index contributed by atoms with van der Waals surface area (Å²) in [4.78, 5) is 0. The number of ether oxygens (including phenoxy) is 2. The molecule has 27 heavy (non-hydrogen) atoms. The van der Waals surface area contributed by atoms with Crippen molar-refractivity contribution >= 4 is 11.4 Å². The van der Waals surface area contributed by atoms with E-state index >= 15 is 0 Å². The summed E-state index contributed by atoms with van der Waals surface area (Å²) < 4.78 is 10.6. The molecule has 0 spiro atoms. The van der Waals surface area contributed by atoms with E-state index in [1.54, 1.807) is 14.2 Å². The van der Waals surface area contributed by atoms with Gasteiger partial charge in [0.25, 0.3) is 0 Å². The Morgan fingerprint density at radius 1 is 0.630 bits per heavy atom. The fourth-order valence-electron chi connectivity index (χ4n) is 3.01. The SMILES string of the molecule is COc1ccc(N2NC(c3ccccc3)NN2c2ccc(OC)cc2)cc1. The molecule has 0 unspecified atom stereocenters. The molecule has 3 aromatic rings. The van der Waals surface area contributed by atoms with Crippen LogP contribution in [0.15, 0.2) is 78.9 Å². The van der Waals surface area contributed by atoms with E-state index in [0.29, 0.717) is 0 Å². The molecule has 4 rings (SSSR count). The molecule has 1 aliphatic heterocycles. The van der Waals surface area contributed by atoms with E-state index in [1.807, 2.05) is 77.0 Å². The van der Waals surface area contributed by atoms with Crippen molar-refractivity contribution in [2.75, 3.05) is 24.5 Å². The van der Waals surface area contributed by atoms with Crippen LogP contribution in [-0.2, 0) is 0 Å². The van der Waals surface area contributed by atoms with Crippen LogP contribution in [-0.4, -0.2) is 14.2 Å². The number of hydrogen-bond acceptors (Lipinski definition) is 6. The van der Waals surface area contributed by atoms with Crippen molar-refractivity contribution < 1.29 is 9.47 Å². The van der Waals surface area contributed by atoms with Gasteiger partial charge >= 0.3 is 0 Å². The Bertz CT molecular complexity index is 813. The molecule has 0 saturated carbocycles. The van der Waals surface area contributed by atoms with Crippen molar-refractivity contribution in [2.24, 2.45) is 0 Å². The predicted octanol–water partition coefficient (Wildman–Crippen LogP) is 3.65. The number of benzene rings is 3. The van der Waals surface area contributed by atoms with Crippen LogP contribution in [0.5, 0.6) is 11.5 Å². The molecule has 1 saturated heterocycles. The van der Waals surface area contributed by atoms with Crippen LogP contribution in [0.25, 0.3) is 0 Å². The number of hydrazine groups is 3. The zero-order valence-corrected chi connectivity index (χ0v) is 15.3. The van der Waals surface area contributed by atoms with Crippen molar-refractivity contribution in [2.45, 2.75) is 6.17 Å². The second-order valence-corrected chi connectivity index (χ2v) is 6.12. The minimum Gasteiger partial charge on any atom is -0.497 e. The number of nitrogens with zero attached hydrogens (tertiary/aromatic N) is 2. The van der Waals surface area contributed by atoms with Crippen LogP contribution in [0.3, 0.4) is 0 Å². The van der Waals surface area contributed by atoms with E-state index in [2.05, 4.69) is 23.0 Å². The van der Waals surface area contributed by atoms with E-state index < -0.39 is 0 Å². The van der Waals surface area contributed by atoms with Gasteiger partial charge in [0.05, 0.1) is 25.6 Å². The lowest BCUT2D eigenvalue weighted by Gasteiger charge is -2.29. The summed E-state index contributed by atoms with van der Waals surface area (Å²) in [6, 6.07) is 26.1. The van der Waals surface area contributed by atoms with Gasteiger partial charge in [-0.05, 0) is 54.1 Å². The molecule has 2 N–H and O–H groups in total. The fourth-order valence-corrected chi connectivity index (χ4v) is 3.01. The minimum atomic E-state index is -0.0598. The van der Waals surface area contributed by atoms with Gasteiger partial charge in [-0.2, -0.15) is 10.9 Å². The summed E-state index contributed by atoms with van der Waals surface area (Å²) in [5, 5.41) is 3.97. The maximum atomic E-state index is 5.28. The highest BCUT2D eigenvalue weighted by atomic mass is 16.5. The van der Waals surface area contributed by atoms with E-state index in [1.165, 1.54) is 0 Å². The van der Waals surface area contributed by atoms with Gasteiger partial charge in [0.1, 0.15) is 17.7 Å². The van der Waals surface area contributed by atoms with Gasteiger partial charge in [-0.15, -0.1) is 0 Å². The van der Waals surface area contributed by atoms with Gasteiger partial charge in [0.2, 0.25) is 0 Å². The Morgan fingerprint density at radius 3 is 1.48 bits per heavy atom.